The minimum atomic E-state index is -0.135. The number of anilines is 1. The number of hydrogen-bond acceptors (Lipinski definition) is 4. The summed E-state index contributed by atoms with van der Waals surface area (Å²) in [5.41, 5.74) is 1.55. The quantitative estimate of drug-likeness (QED) is 0.885. The van der Waals surface area contributed by atoms with Crippen LogP contribution in [0.5, 0.6) is 0 Å². The molecular formula is C17H22ClN3O2. The molecule has 1 N–H and O–H groups in total. The molecule has 0 bridgehead atoms. The lowest BCUT2D eigenvalue weighted by molar-refractivity contribution is -0.116. The number of hydrogen-bond donors (Lipinski definition) is 1. The molecule has 0 saturated carbocycles. The molecule has 1 aromatic carbocycles. The first-order chi connectivity index (χ1) is 10.8. The molecule has 0 fully saturated rings. The van der Waals surface area contributed by atoms with E-state index < -0.39 is 0 Å². The SMILES string of the molecule is Cc1ccc(NC(=O)CCCc2nc(C(C)(C)C)no2)cc1Cl. The molecule has 2 aromatic rings. The highest BCUT2D eigenvalue weighted by Crippen LogP contribution is 2.21. The van der Waals surface area contributed by atoms with E-state index in [-0.39, 0.29) is 11.3 Å². The van der Waals surface area contributed by atoms with Crippen LogP contribution in [0.15, 0.2) is 22.7 Å². The van der Waals surface area contributed by atoms with Crippen LogP contribution in [0.4, 0.5) is 5.69 Å². The Morgan fingerprint density at radius 1 is 1.35 bits per heavy atom. The normalized spacial score (nSPS) is 11.5. The van der Waals surface area contributed by atoms with Crippen LogP contribution in [0.2, 0.25) is 5.02 Å². The van der Waals surface area contributed by atoms with E-state index in [1.807, 2.05) is 39.8 Å². The van der Waals surface area contributed by atoms with Crippen molar-refractivity contribution in [3.63, 3.8) is 0 Å². The summed E-state index contributed by atoms with van der Waals surface area (Å²) in [5.74, 6) is 1.20. The molecule has 0 aliphatic heterocycles. The van der Waals surface area contributed by atoms with Crippen molar-refractivity contribution in [2.24, 2.45) is 0 Å². The molecule has 1 aromatic heterocycles. The van der Waals surface area contributed by atoms with Crippen LogP contribution in [0, 0.1) is 6.92 Å². The largest absolute Gasteiger partial charge is 0.339 e. The summed E-state index contributed by atoms with van der Waals surface area (Å²) in [6.45, 7) is 8.01. The van der Waals surface area contributed by atoms with E-state index in [0.29, 0.717) is 41.7 Å². The summed E-state index contributed by atoms with van der Waals surface area (Å²) in [4.78, 5) is 16.3. The van der Waals surface area contributed by atoms with Crippen LogP contribution in [-0.4, -0.2) is 16.0 Å². The van der Waals surface area contributed by atoms with Gasteiger partial charge in [-0.05, 0) is 31.0 Å². The Kier molecular flexibility index (Phi) is 5.42. The smallest absolute Gasteiger partial charge is 0.226 e. The second kappa shape index (κ2) is 7.13. The summed E-state index contributed by atoms with van der Waals surface area (Å²) in [7, 11) is 0. The first-order valence-electron chi connectivity index (χ1n) is 7.65. The highest BCUT2D eigenvalue weighted by molar-refractivity contribution is 6.31. The molecule has 0 aliphatic rings. The number of carbonyl (C=O) groups is 1. The van der Waals surface area contributed by atoms with Crippen LogP contribution in [-0.2, 0) is 16.6 Å². The minimum absolute atomic E-state index is 0.0551. The van der Waals surface area contributed by atoms with E-state index >= 15 is 0 Å². The molecule has 0 spiro atoms. The lowest BCUT2D eigenvalue weighted by Crippen LogP contribution is -2.13. The second-order valence-electron chi connectivity index (χ2n) is 6.63. The van der Waals surface area contributed by atoms with Crippen molar-refractivity contribution in [3.8, 4) is 0 Å². The third kappa shape index (κ3) is 5.06. The predicted molar refractivity (Wildman–Crippen MR) is 90.8 cm³/mol. The van der Waals surface area contributed by atoms with Crippen molar-refractivity contribution < 1.29 is 9.32 Å². The zero-order valence-corrected chi connectivity index (χ0v) is 14.7. The zero-order chi connectivity index (χ0) is 17.0. The Bertz CT molecular complexity index is 689. The number of aryl methyl sites for hydroxylation is 2. The van der Waals surface area contributed by atoms with E-state index in [1.165, 1.54) is 0 Å². The standard InChI is InChI=1S/C17H22ClN3O2/c1-11-8-9-12(10-13(11)18)19-14(22)6-5-7-15-20-16(21-23-15)17(2,3)4/h8-10H,5-7H2,1-4H3,(H,19,22). The number of rotatable bonds is 5. The van der Waals surface area contributed by atoms with E-state index in [0.717, 1.165) is 5.56 Å². The van der Waals surface area contributed by atoms with Gasteiger partial charge in [-0.1, -0.05) is 43.6 Å². The van der Waals surface area contributed by atoms with Gasteiger partial charge in [0.05, 0.1) is 0 Å². The number of aromatic nitrogens is 2. The van der Waals surface area contributed by atoms with E-state index in [4.69, 9.17) is 16.1 Å². The Balaban J connectivity index is 1.80. The molecule has 1 amide bonds. The molecule has 6 heteroatoms. The van der Waals surface area contributed by atoms with E-state index in [2.05, 4.69) is 15.5 Å². The number of benzene rings is 1. The molecule has 23 heavy (non-hydrogen) atoms. The van der Waals surface area contributed by atoms with Crippen molar-refractivity contribution >= 4 is 23.2 Å². The van der Waals surface area contributed by atoms with Crippen molar-refractivity contribution in [1.29, 1.82) is 0 Å². The molecule has 0 saturated heterocycles. The van der Waals surface area contributed by atoms with Gasteiger partial charge in [0.25, 0.3) is 0 Å². The first kappa shape index (κ1) is 17.5. The number of amides is 1. The summed E-state index contributed by atoms with van der Waals surface area (Å²) in [6, 6.07) is 5.47. The fraction of sp³-hybridized carbons (Fsp3) is 0.471. The molecule has 0 aliphatic carbocycles. The minimum Gasteiger partial charge on any atom is -0.339 e. The number of halogens is 1. The summed E-state index contributed by atoms with van der Waals surface area (Å²) in [5, 5.41) is 7.45. The van der Waals surface area contributed by atoms with Gasteiger partial charge in [-0.15, -0.1) is 0 Å². The highest BCUT2D eigenvalue weighted by Gasteiger charge is 2.20. The fourth-order valence-corrected chi connectivity index (χ4v) is 2.14. The van der Waals surface area contributed by atoms with Crippen LogP contribution in [0.3, 0.4) is 0 Å². The van der Waals surface area contributed by atoms with Gasteiger partial charge in [0.2, 0.25) is 11.8 Å². The van der Waals surface area contributed by atoms with Gasteiger partial charge in [-0.25, -0.2) is 0 Å². The Labute approximate surface area is 141 Å². The average molecular weight is 336 g/mol. The molecule has 0 radical (unpaired) electrons. The maximum atomic E-state index is 11.9. The van der Waals surface area contributed by atoms with Gasteiger partial charge in [0.1, 0.15) is 0 Å². The summed E-state index contributed by atoms with van der Waals surface area (Å²) >= 11 is 6.04. The van der Waals surface area contributed by atoms with E-state index in [9.17, 15) is 4.79 Å². The number of carbonyl (C=O) groups excluding carboxylic acids is 1. The molecule has 0 unspecified atom stereocenters. The third-order valence-electron chi connectivity index (χ3n) is 3.39. The zero-order valence-electron chi connectivity index (χ0n) is 13.9. The number of nitrogens with one attached hydrogen (secondary N) is 1. The third-order valence-corrected chi connectivity index (χ3v) is 3.80. The molecule has 0 atom stereocenters. The molecule has 2 rings (SSSR count). The van der Waals surface area contributed by atoms with Crippen LogP contribution >= 0.6 is 11.6 Å². The first-order valence-corrected chi connectivity index (χ1v) is 8.02. The summed E-state index contributed by atoms with van der Waals surface area (Å²) < 4.78 is 5.21. The van der Waals surface area contributed by atoms with Gasteiger partial charge >= 0.3 is 0 Å². The monoisotopic (exact) mass is 335 g/mol. The molecular weight excluding hydrogens is 314 g/mol. The predicted octanol–water partition coefficient (Wildman–Crippen LogP) is 4.29. The Hall–Kier alpha value is -1.88. The Morgan fingerprint density at radius 2 is 2.09 bits per heavy atom. The van der Waals surface area contributed by atoms with Gasteiger partial charge in [-0.2, -0.15) is 4.98 Å². The Morgan fingerprint density at radius 3 is 2.70 bits per heavy atom. The molecule has 124 valence electrons. The van der Waals surface area contributed by atoms with Crippen LogP contribution < -0.4 is 5.32 Å². The van der Waals surface area contributed by atoms with Crippen molar-refractivity contribution in [2.75, 3.05) is 5.32 Å². The van der Waals surface area contributed by atoms with Crippen molar-refractivity contribution in [2.45, 2.75) is 52.4 Å². The van der Waals surface area contributed by atoms with Crippen molar-refractivity contribution in [3.05, 3.63) is 40.5 Å². The van der Waals surface area contributed by atoms with Crippen molar-refractivity contribution in [1.82, 2.24) is 10.1 Å². The topological polar surface area (TPSA) is 68.0 Å². The van der Waals surface area contributed by atoms with E-state index in [1.54, 1.807) is 6.07 Å². The average Bonchev–Trinajstić information content (AvgIpc) is 2.92. The maximum Gasteiger partial charge on any atom is 0.226 e. The molecule has 1 heterocycles. The maximum absolute atomic E-state index is 11.9. The van der Waals surface area contributed by atoms with Gasteiger partial charge in [0.15, 0.2) is 5.82 Å². The second-order valence-corrected chi connectivity index (χ2v) is 7.03. The lowest BCUT2D eigenvalue weighted by atomic mass is 9.96. The van der Waals surface area contributed by atoms with Crippen LogP contribution in [0.25, 0.3) is 0 Å². The molecule has 5 nitrogen and oxygen atoms in total. The summed E-state index contributed by atoms with van der Waals surface area (Å²) in [6.07, 6.45) is 1.63. The van der Waals surface area contributed by atoms with Gasteiger partial charge in [-0.3, -0.25) is 4.79 Å². The van der Waals surface area contributed by atoms with Crippen LogP contribution in [0.1, 0.15) is 50.9 Å². The highest BCUT2D eigenvalue weighted by atomic mass is 35.5. The van der Waals surface area contributed by atoms with Gasteiger partial charge < -0.3 is 9.84 Å². The lowest BCUT2D eigenvalue weighted by Gasteiger charge is -2.10. The van der Waals surface area contributed by atoms with Gasteiger partial charge in [0, 0.05) is 29.0 Å². The fourth-order valence-electron chi connectivity index (χ4n) is 1.96. The number of nitrogens with zero attached hydrogens (tertiary/aromatic N) is 2.